The lowest BCUT2D eigenvalue weighted by Gasteiger charge is -2.46. The number of rotatable bonds is 6. The minimum Gasteiger partial charge on any atom is -0.291 e. The molecule has 2 aliphatic rings. The molecule has 6 rings (SSSR count). The van der Waals surface area contributed by atoms with Crippen molar-refractivity contribution in [2.24, 2.45) is 5.41 Å². The first kappa shape index (κ1) is 27.2. The van der Waals surface area contributed by atoms with E-state index in [1.54, 1.807) is 40.6 Å². The van der Waals surface area contributed by atoms with Crippen molar-refractivity contribution >= 4 is 27.4 Å². The van der Waals surface area contributed by atoms with Gasteiger partial charge in [-0.3, -0.25) is 9.78 Å². The molecule has 41 heavy (non-hydrogen) atoms. The van der Waals surface area contributed by atoms with Crippen LogP contribution in [0.3, 0.4) is 0 Å². The first-order valence-electron chi connectivity index (χ1n) is 13.5. The van der Waals surface area contributed by atoms with Crippen LogP contribution in [0.15, 0.2) is 83.5 Å². The highest BCUT2D eigenvalue weighted by Crippen LogP contribution is 2.51. The molecule has 2 heterocycles. The Labute approximate surface area is 238 Å². The summed E-state index contributed by atoms with van der Waals surface area (Å²) in [6, 6.07) is 15.2. The molecule has 9 heteroatoms. The lowest BCUT2D eigenvalue weighted by Crippen LogP contribution is -2.49. The van der Waals surface area contributed by atoms with Gasteiger partial charge in [0.1, 0.15) is 17.3 Å². The van der Waals surface area contributed by atoms with Crippen molar-refractivity contribution < 1.29 is 17.8 Å². The third kappa shape index (κ3) is 4.73. The van der Waals surface area contributed by atoms with E-state index in [1.165, 1.54) is 36.4 Å². The number of benzene rings is 2. The van der Waals surface area contributed by atoms with Crippen LogP contribution in [0.4, 0.5) is 8.78 Å². The summed E-state index contributed by atoms with van der Waals surface area (Å²) >= 11 is 0. The van der Waals surface area contributed by atoms with E-state index in [2.05, 4.69) is 16.0 Å². The normalized spacial score (nSPS) is 21.5. The van der Waals surface area contributed by atoms with Crippen molar-refractivity contribution in [1.29, 1.82) is 0 Å². The van der Waals surface area contributed by atoms with Crippen LogP contribution in [-0.4, -0.2) is 48.0 Å². The number of pyridine rings is 1. The summed E-state index contributed by atoms with van der Waals surface area (Å²) in [4.78, 5) is 19.3. The number of allylic oxidation sites excluding steroid dienone is 1. The maximum absolute atomic E-state index is 14.4. The van der Waals surface area contributed by atoms with E-state index in [1.807, 2.05) is 25.1 Å². The van der Waals surface area contributed by atoms with Crippen LogP contribution in [-0.2, 0) is 16.1 Å². The van der Waals surface area contributed by atoms with Gasteiger partial charge in [-0.05, 0) is 123 Å². The second-order valence-corrected chi connectivity index (χ2v) is 13.3. The standard InChI is InChI=1S/C32H30F2N4O2S/c1-21-14-15-35-29(16-21)31(39)32-18-22-20-36-38(26-10-5-24(33)6-11-26)30(22)17-23(32)4-9-27(19-32)37(2)41(3,40)28-12-7-25(34)8-13-28/h5-8,10-17,20,27H,3-4,9,18-19H2,1-2H3/t27-,32-,41?/m0/s1. The Balaban J connectivity index is 1.42. The van der Waals surface area contributed by atoms with E-state index in [9.17, 15) is 17.8 Å². The summed E-state index contributed by atoms with van der Waals surface area (Å²) in [5.41, 5.74) is 3.88. The quantitative estimate of drug-likeness (QED) is 0.215. The Morgan fingerprint density at radius 1 is 1.10 bits per heavy atom. The predicted octanol–water partition coefficient (Wildman–Crippen LogP) is 5.84. The van der Waals surface area contributed by atoms with Crippen molar-refractivity contribution in [2.75, 3.05) is 7.05 Å². The molecule has 0 saturated heterocycles. The van der Waals surface area contributed by atoms with E-state index >= 15 is 0 Å². The average molecular weight is 573 g/mol. The van der Waals surface area contributed by atoms with Gasteiger partial charge in [-0.25, -0.2) is 22.0 Å². The molecule has 0 spiro atoms. The van der Waals surface area contributed by atoms with Gasteiger partial charge >= 0.3 is 0 Å². The van der Waals surface area contributed by atoms with Crippen LogP contribution in [0.25, 0.3) is 11.8 Å². The van der Waals surface area contributed by atoms with Crippen LogP contribution in [0.5, 0.6) is 0 Å². The number of carbonyl (C=O) groups excluding carboxylic acids is 1. The minimum atomic E-state index is -2.94. The molecule has 1 fully saturated rings. The molecule has 2 aromatic carbocycles. The zero-order valence-corrected chi connectivity index (χ0v) is 23.7. The van der Waals surface area contributed by atoms with Crippen molar-refractivity contribution in [3.05, 3.63) is 113 Å². The van der Waals surface area contributed by atoms with Gasteiger partial charge in [0.05, 0.1) is 32.7 Å². The summed E-state index contributed by atoms with van der Waals surface area (Å²) in [6.45, 7) is 1.93. The number of hydrogen-bond acceptors (Lipinski definition) is 4. The Kier molecular flexibility index (Phi) is 6.74. The van der Waals surface area contributed by atoms with Crippen molar-refractivity contribution in [1.82, 2.24) is 19.1 Å². The lowest BCUT2D eigenvalue weighted by atomic mass is 9.60. The molecule has 2 aromatic heterocycles. The molecule has 1 saturated carbocycles. The number of halogens is 2. The van der Waals surface area contributed by atoms with E-state index in [0.717, 1.165) is 28.1 Å². The number of fused-ring (bicyclic) bond motifs is 2. The molecule has 0 N–H and O–H groups in total. The van der Waals surface area contributed by atoms with Crippen LogP contribution in [0, 0.1) is 24.0 Å². The van der Waals surface area contributed by atoms with Crippen molar-refractivity contribution in [2.45, 2.75) is 43.5 Å². The molecule has 0 radical (unpaired) electrons. The average Bonchev–Trinajstić information content (AvgIpc) is 3.37. The SMILES string of the molecule is C=S(=O)(c1ccc(F)cc1)N(C)[C@H]1CCC2=Cc3c(cnn3-c3ccc(F)cc3)C[C@]2(C(=O)c2cc(C)ccn2)C1. The topological polar surface area (TPSA) is 68.1 Å². The van der Waals surface area contributed by atoms with Gasteiger partial charge in [0, 0.05) is 17.1 Å². The molecule has 3 atom stereocenters. The zero-order chi connectivity index (χ0) is 28.9. The number of aromatic nitrogens is 3. The summed E-state index contributed by atoms with van der Waals surface area (Å²) in [5, 5.41) is 4.60. The Bertz CT molecular complexity index is 1780. The highest BCUT2D eigenvalue weighted by molar-refractivity contribution is 7.98. The summed E-state index contributed by atoms with van der Waals surface area (Å²) < 4.78 is 44.7. The summed E-state index contributed by atoms with van der Waals surface area (Å²) in [5.74, 6) is 3.23. The minimum absolute atomic E-state index is 0.0805. The highest BCUT2D eigenvalue weighted by atomic mass is 32.2. The molecule has 0 aliphatic heterocycles. The van der Waals surface area contributed by atoms with Gasteiger partial charge in [-0.15, -0.1) is 0 Å². The number of carbonyl (C=O) groups is 1. The molecule has 6 nitrogen and oxygen atoms in total. The van der Waals surface area contributed by atoms with Crippen LogP contribution in [0.1, 0.15) is 46.6 Å². The molecule has 1 unspecified atom stereocenters. The second-order valence-electron chi connectivity index (χ2n) is 11.0. The monoisotopic (exact) mass is 572 g/mol. The highest BCUT2D eigenvalue weighted by Gasteiger charge is 2.50. The number of hydrogen-bond donors (Lipinski definition) is 0. The van der Waals surface area contributed by atoms with Gasteiger partial charge in [0.25, 0.3) is 0 Å². The molecule has 2 aliphatic carbocycles. The van der Waals surface area contributed by atoms with Gasteiger partial charge in [-0.1, -0.05) is 5.57 Å². The maximum Gasteiger partial charge on any atom is 0.191 e. The van der Waals surface area contributed by atoms with E-state index < -0.39 is 20.9 Å². The van der Waals surface area contributed by atoms with E-state index in [4.69, 9.17) is 0 Å². The lowest BCUT2D eigenvalue weighted by molar-refractivity contribution is 0.0749. The van der Waals surface area contributed by atoms with Gasteiger partial charge in [-0.2, -0.15) is 5.10 Å². The Morgan fingerprint density at radius 3 is 2.46 bits per heavy atom. The van der Waals surface area contributed by atoms with Crippen LogP contribution >= 0.6 is 0 Å². The first-order valence-corrected chi connectivity index (χ1v) is 15.1. The molecule has 0 bridgehead atoms. The number of aryl methyl sites for hydroxylation is 1. The van der Waals surface area contributed by atoms with Crippen LogP contribution in [0.2, 0.25) is 0 Å². The number of nitrogens with zero attached hydrogens (tertiary/aromatic N) is 4. The molecule has 210 valence electrons. The van der Waals surface area contributed by atoms with Gasteiger partial charge < -0.3 is 0 Å². The Hall–Kier alpha value is -3.95. The van der Waals surface area contributed by atoms with Crippen molar-refractivity contribution in [3.8, 4) is 5.69 Å². The Morgan fingerprint density at radius 2 is 1.78 bits per heavy atom. The van der Waals surface area contributed by atoms with Gasteiger partial charge in [0.15, 0.2) is 5.78 Å². The molecular weight excluding hydrogens is 542 g/mol. The van der Waals surface area contributed by atoms with E-state index in [-0.39, 0.29) is 17.6 Å². The van der Waals surface area contributed by atoms with Crippen LogP contribution < -0.4 is 0 Å². The fraction of sp³-hybridized carbons (Fsp3) is 0.250. The number of ketones is 1. The second kappa shape index (κ2) is 10.2. The summed E-state index contributed by atoms with van der Waals surface area (Å²) in [7, 11) is -1.17. The fourth-order valence-corrected chi connectivity index (χ4v) is 7.70. The number of Topliss-reactive ketones (excluding diaryl/α,β-unsaturated/α-hetero) is 1. The third-order valence-electron chi connectivity index (χ3n) is 8.45. The fourth-order valence-electron chi connectivity index (χ4n) is 6.14. The maximum atomic E-state index is 14.4. The zero-order valence-electron chi connectivity index (χ0n) is 22.9. The molecular formula is C32H30F2N4O2S. The summed E-state index contributed by atoms with van der Waals surface area (Å²) in [6.07, 6.45) is 7.53. The first-order chi connectivity index (χ1) is 19.6. The third-order valence-corrected chi connectivity index (χ3v) is 10.7. The largest absolute Gasteiger partial charge is 0.291 e. The molecule has 0 amide bonds. The van der Waals surface area contributed by atoms with Gasteiger partial charge in [0.2, 0.25) is 0 Å². The molecule has 4 aromatic rings. The van der Waals surface area contributed by atoms with Crippen molar-refractivity contribution in [3.63, 3.8) is 0 Å². The predicted molar refractivity (Wildman–Crippen MR) is 156 cm³/mol. The smallest absolute Gasteiger partial charge is 0.191 e. The van der Waals surface area contributed by atoms with E-state index in [0.29, 0.717) is 36.3 Å².